The van der Waals surface area contributed by atoms with Gasteiger partial charge >= 0.3 is 5.97 Å². The van der Waals surface area contributed by atoms with Crippen molar-refractivity contribution >= 4 is 17.7 Å². The zero-order chi connectivity index (χ0) is 15.4. The number of likely N-dealkylation sites (tertiary alicyclic amines) is 1. The van der Waals surface area contributed by atoms with E-state index in [1.54, 1.807) is 31.2 Å². The molecular formula is C15H15NO5. The maximum atomic E-state index is 12.5. The van der Waals surface area contributed by atoms with Gasteiger partial charge in [-0.25, -0.2) is 4.79 Å². The van der Waals surface area contributed by atoms with Crippen molar-refractivity contribution in [3.8, 4) is 5.75 Å². The van der Waals surface area contributed by atoms with E-state index in [2.05, 4.69) is 0 Å². The number of Topliss-reactive ketones (excluding diaryl/α,β-unsaturated/α-hetero) is 1. The van der Waals surface area contributed by atoms with Crippen LogP contribution in [0.3, 0.4) is 0 Å². The van der Waals surface area contributed by atoms with Crippen molar-refractivity contribution in [2.24, 2.45) is 5.92 Å². The number of benzene rings is 1. The number of aliphatic carboxylic acids is 1. The molecule has 6 heteroatoms. The SMILES string of the molecule is CN1C(=O)C(C(=O)C(=O)O)C2CC1(C)Oc1ccccc12. The summed E-state index contributed by atoms with van der Waals surface area (Å²) in [7, 11) is 1.54. The highest BCUT2D eigenvalue weighted by molar-refractivity contribution is 6.37. The smallest absolute Gasteiger partial charge is 0.373 e. The van der Waals surface area contributed by atoms with Gasteiger partial charge in [-0.3, -0.25) is 9.59 Å². The number of carboxylic acid groups (broad SMARTS) is 1. The summed E-state index contributed by atoms with van der Waals surface area (Å²) >= 11 is 0. The van der Waals surface area contributed by atoms with Crippen LogP contribution < -0.4 is 4.74 Å². The molecule has 1 aromatic carbocycles. The molecule has 0 aliphatic carbocycles. The summed E-state index contributed by atoms with van der Waals surface area (Å²) in [6.07, 6.45) is 0.399. The van der Waals surface area contributed by atoms with E-state index in [-0.39, 0.29) is 0 Å². The Morgan fingerprint density at radius 2 is 2.05 bits per heavy atom. The Bertz CT molecular complexity index is 655. The van der Waals surface area contributed by atoms with Crippen molar-refractivity contribution in [2.45, 2.75) is 25.0 Å². The first kappa shape index (κ1) is 13.6. The molecule has 1 amide bonds. The number of ether oxygens (including phenoxy) is 1. The Morgan fingerprint density at radius 3 is 2.71 bits per heavy atom. The van der Waals surface area contributed by atoms with Gasteiger partial charge in [-0.15, -0.1) is 0 Å². The topological polar surface area (TPSA) is 83.9 Å². The zero-order valence-electron chi connectivity index (χ0n) is 11.7. The lowest BCUT2D eigenvalue weighted by atomic mass is 9.72. The molecule has 2 bridgehead atoms. The van der Waals surface area contributed by atoms with E-state index in [0.29, 0.717) is 12.2 Å². The van der Waals surface area contributed by atoms with E-state index >= 15 is 0 Å². The third kappa shape index (κ3) is 1.82. The van der Waals surface area contributed by atoms with Gasteiger partial charge in [0, 0.05) is 19.4 Å². The Kier molecular flexibility index (Phi) is 2.79. The third-order valence-corrected chi connectivity index (χ3v) is 4.45. The molecule has 0 radical (unpaired) electrons. The Labute approximate surface area is 121 Å². The molecular weight excluding hydrogens is 274 g/mol. The van der Waals surface area contributed by atoms with Gasteiger partial charge in [0.25, 0.3) is 5.78 Å². The van der Waals surface area contributed by atoms with Crippen molar-refractivity contribution in [2.75, 3.05) is 7.05 Å². The maximum Gasteiger partial charge on any atom is 0.373 e. The number of hydrogen-bond acceptors (Lipinski definition) is 4. The monoisotopic (exact) mass is 289 g/mol. The molecule has 21 heavy (non-hydrogen) atoms. The van der Waals surface area contributed by atoms with Crippen molar-refractivity contribution in [1.82, 2.24) is 4.90 Å². The number of piperidine rings is 1. The van der Waals surface area contributed by atoms with Crippen LogP contribution >= 0.6 is 0 Å². The van der Waals surface area contributed by atoms with Crippen LogP contribution in [0.1, 0.15) is 24.8 Å². The fourth-order valence-electron chi connectivity index (χ4n) is 3.22. The second kappa shape index (κ2) is 4.31. The molecule has 3 rings (SSSR count). The highest BCUT2D eigenvalue weighted by Gasteiger charge is 2.55. The van der Waals surface area contributed by atoms with Gasteiger partial charge < -0.3 is 14.7 Å². The summed E-state index contributed by atoms with van der Waals surface area (Å²) in [6.45, 7) is 1.77. The van der Waals surface area contributed by atoms with Crippen molar-refractivity contribution in [3.05, 3.63) is 29.8 Å². The van der Waals surface area contributed by atoms with Crippen LogP contribution in [0.2, 0.25) is 0 Å². The Balaban J connectivity index is 2.15. The normalized spacial score (nSPS) is 30.4. The molecule has 3 unspecified atom stereocenters. The summed E-state index contributed by atoms with van der Waals surface area (Å²) < 4.78 is 5.91. The van der Waals surface area contributed by atoms with Crippen LogP contribution in [0.15, 0.2) is 24.3 Å². The molecule has 1 aromatic rings. The summed E-state index contributed by atoms with van der Waals surface area (Å²) in [4.78, 5) is 36.8. The lowest BCUT2D eigenvalue weighted by Gasteiger charge is -2.51. The van der Waals surface area contributed by atoms with Crippen LogP contribution in [0.25, 0.3) is 0 Å². The van der Waals surface area contributed by atoms with Gasteiger partial charge in [-0.1, -0.05) is 18.2 Å². The van der Waals surface area contributed by atoms with Crippen molar-refractivity contribution in [3.63, 3.8) is 0 Å². The average molecular weight is 289 g/mol. The van der Waals surface area contributed by atoms with Crippen LogP contribution in [-0.2, 0) is 14.4 Å². The molecule has 3 atom stereocenters. The van der Waals surface area contributed by atoms with E-state index in [1.807, 2.05) is 0 Å². The largest absolute Gasteiger partial charge is 0.475 e. The minimum atomic E-state index is -1.57. The molecule has 1 N–H and O–H groups in total. The predicted octanol–water partition coefficient (Wildman–Crippen LogP) is 1.01. The molecule has 0 spiro atoms. The van der Waals surface area contributed by atoms with Crippen LogP contribution in [0, 0.1) is 5.92 Å². The number of amides is 1. The van der Waals surface area contributed by atoms with Gasteiger partial charge in [0.05, 0.1) is 0 Å². The summed E-state index contributed by atoms with van der Waals surface area (Å²) in [5.74, 6) is -4.20. The molecule has 110 valence electrons. The van der Waals surface area contributed by atoms with Gasteiger partial charge in [0.1, 0.15) is 11.7 Å². The number of rotatable bonds is 2. The number of fused-ring (bicyclic) bond motifs is 4. The molecule has 2 aliphatic rings. The second-order valence-electron chi connectivity index (χ2n) is 5.67. The first-order chi connectivity index (χ1) is 9.85. The molecule has 2 aliphatic heterocycles. The lowest BCUT2D eigenvalue weighted by molar-refractivity contribution is -0.174. The van der Waals surface area contributed by atoms with E-state index in [1.165, 1.54) is 11.9 Å². The maximum absolute atomic E-state index is 12.5. The number of ketones is 1. The highest BCUT2D eigenvalue weighted by atomic mass is 16.5. The first-order valence-electron chi connectivity index (χ1n) is 6.68. The minimum Gasteiger partial charge on any atom is -0.475 e. The molecule has 1 fully saturated rings. The quantitative estimate of drug-likeness (QED) is 0.649. The third-order valence-electron chi connectivity index (χ3n) is 4.45. The first-order valence-corrected chi connectivity index (χ1v) is 6.68. The van der Waals surface area contributed by atoms with E-state index in [4.69, 9.17) is 9.84 Å². The van der Waals surface area contributed by atoms with E-state index in [9.17, 15) is 14.4 Å². The summed E-state index contributed by atoms with van der Waals surface area (Å²) in [5.41, 5.74) is -0.137. The van der Waals surface area contributed by atoms with Gasteiger partial charge in [0.2, 0.25) is 5.91 Å². The highest BCUT2D eigenvalue weighted by Crippen LogP contribution is 2.49. The van der Waals surface area contributed by atoms with Gasteiger partial charge in [-0.2, -0.15) is 0 Å². The van der Waals surface area contributed by atoms with Gasteiger partial charge in [0.15, 0.2) is 5.72 Å². The Hall–Kier alpha value is -2.37. The number of carbonyl (C=O) groups is 3. The number of carboxylic acids is 1. The molecule has 0 saturated carbocycles. The molecule has 0 aromatic heterocycles. The summed E-state index contributed by atoms with van der Waals surface area (Å²) in [5, 5.41) is 9.00. The zero-order valence-corrected chi connectivity index (χ0v) is 11.7. The van der Waals surface area contributed by atoms with Crippen LogP contribution in [0.5, 0.6) is 5.75 Å². The van der Waals surface area contributed by atoms with Crippen molar-refractivity contribution < 1.29 is 24.2 Å². The number of carbonyl (C=O) groups excluding carboxylic acids is 2. The van der Waals surface area contributed by atoms with Crippen molar-refractivity contribution in [1.29, 1.82) is 0 Å². The summed E-state index contributed by atoms with van der Waals surface area (Å²) in [6, 6.07) is 7.14. The number of hydrogen-bond donors (Lipinski definition) is 1. The van der Waals surface area contributed by atoms with Crippen LogP contribution in [0.4, 0.5) is 0 Å². The molecule has 6 nitrogen and oxygen atoms in total. The second-order valence-corrected chi connectivity index (χ2v) is 5.67. The Morgan fingerprint density at radius 1 is 1.38 bits per heavy atom. The fraction of sp³-hybridized carbons (Fsp3) is 0.400. The van der Waals surface area contributed by atoms with Gasteiger partial charge in [-0.05, 0) is 18.6 Å². The number of para-hydroxylation sites is 1. The predicted molar refractivity (Wildman–Crippen MR) is 71.7 cm³/mol. The fourth-order valence-corrected chi connectivity index (χ4v) is 3.22. The minimum absolute atomic E-state index is 0.399. The number of nitrogens with zero attached hydrogens (tertiary/aromatic N) is 1. The molecule has 2 heterocycles. The van der Waals surface area contributed by atoms with Crippen LogP contribution in [-0.4, -0.2) is 40.4 Å². The molecule has 1 saturated heterocycles. The van der Waals surface area contributed by atoms with E-state index < -0.39 is 35.2 Å². The standard InChI is InChI=1S/C15H15NO5/c1-15-7-9(8-5-3-4-6-10(8)21-15)11(12(17)14(19)20)13(18)16(15)2/h3-6,9,11H,7H2,1-2H3,(H,19,20). The average Bonchev–Trinajstić information content (AvgIpc) is 2.44. The van der Waals surface area contributed by atoms with E-state index in [0.717, 1.165) is 5.56 Å². The lowest BCUT2D eigenvalue weighted by Crippen LogP contribution is -2.62.